The van der Waals surface area contributed by atoms with E-state index in [2.05, 4.69) is 21.0 Å². The second kappa shape index (κ2) is 4.39. The summed E-state index contributed by atoms with van der Waals surface area (Å²) >= 11 is 0. The maximum Gasteiger partial charge on any atom is 0.179 e. The fourth-order valence-corrected chi connectivity index (χ4v) is 1.59. The average Bonchev–Trinajstić information content (AvgIpc) is 2.81. The van der Waals surface area contributed by atoms with Gasteiger partial charge < -0.3 is 8.98 Å². The van der Waals surface area contributed by atoms with Gasteiger partial charge in [0.1, 0.15) is 5.65 Å². The van der Waals surface area contributed by atoms with Crippen LogP contribution in [-0.4, -0.2) is 19.5 Å². The molecule has 0 N–H and O–H groups in total. The number of aromatic nitrogens is 4. The molecule has 0 bridgehead atoms. The van der Waals surface area contributed by atoms with E-state index < -0.39 is 0 Å². The van der Waals surface area contributed by atoms with Crippen molar-refractivity contribution in [3.63, 3.8) is 0 Å². The number of hydrogen-bond acceptors (Lipinski definition) is 4. The number of oxazole rings is 1. The van der Waals surface area contributed by atoms with Crippen molar-refractivity contribution in [3.8, 4) is 11.5 Å². The molecule has 0 aliphatic carbocycles. The zero-order valence-electron chi connectivity index (χ0n) is 9.26. The van der Waals surface area contributed by atoms with Crippen molar-refractivity contribution in [2.75, 3.05) is 0 Å². The van der Waals surface area contributed by atoms with Gasteiger partial charge in [0.25, 0.3) is 0 Å². The SMILES string of the molecule is Cc1nc2nc(-c3nccn3C)[c-]cc2o1.[Ir]. The molecule has 3 aromatic rings. The van der Waals surface area contributed by atoms with Crippen molar-refractivity contribution in [2.45, 2.75) is 6.92 Å². The summed E-state index contributed by atoms with van der Waals surface area (Å²) in [7, 11) is 1.91. The molecule has 6 heteroatoms. The summed E-state index contributed by atoms with van der Waals surface area (Å²) in [6.45, 7) is 1.79. The Kier molecular flexibility index (Phi) is 3.09. The number of imidazole rings is 1. The van der Waals surface area contributed by atoms with Crippen molar-refractivity contribution in [2.24, 2.45) is 7.05 Å². The minimum atomic E-state index is 0. The molecular formula is C11H9IrN4O-. The van der Waals surface area contributed by atoms with Crippen LogP contribution in [0.5, 0.6) is 0 Å². The number of hydrogen-bond donors (Lipinski definition) is 0. The Labute approximate surface area is 111 Å². The normalized spacial score (nSPS) is 10.5. The van der Waals surface area contributed by atoms with Crippen LogP contribution in [0.2, 0.25) is 0 Å². The summed E-state index contributed by atoms with van der Waals surface area (Å²) < 4.78 is 7.22. The Morgan fingerprint density at radius 1 is 1.35 bits per heavy atom. The molecule has 0 aliphatic rings. The summed E-state index contributed by atoms with van der Waals surface area (Å²) in [5, 5.41) is 0. The standard InChI is InChI=1S/C11H9N4O.Ir/c1-7-13-10-9(16-7)4-3-8(14-10)11-12-5-6-15(11)2;/h4-6H,1-2H3;/q-1;. The minimum absolute atomic E-state index is 0. The van der Waals surface area contributed by atoms with Gasteiger partial charge in [0.15, 0.2) is 5.89 Å². The fraction of sp³-hybridized carbons (Fsp3) is 0.182. The van der Waals surface area contributed by atoms with Crippen LogP contribution in [-0.2, 0) is 27.2 Å². The van der Waals surface area contributed by atoms with Gasteiger partial charge in [-0.15, -0.1) is 12.1 Å². The second-order valence-electron chi connectivity index (χ2n) is 3.53. The number of rotatable bonds is 1. The van der Waals surface area contributed by atoms with E-state index in [1.807, 2.05) is 17.8 Å². The Bertz CT molecular complexity index is 658. The van der Waals surface area contributed by atoms with Gasteiger partial charge in [-0.2, -0.15) is 0 Å². The van der Waals surface area contributed by atoms with Gasteiger partial charge in [-0.05, 0) is 5.69 Å². The Hall–Kier alpha value is -1.52. The molecule has 3 aromatic heterocycles. The van der Waals surface area contributed by atoms with Crippen LogP contribution in [0.3, 0.4) is 0 Å². The van der Waals surface area contributed by atoms with Crippen LogP contribution >= 0.6 is 0 Å². The average molecular weight is 405 g/mol. The predicted octanol–water partition coefficient (Wildman–Crippen LogP) is 1.73. The van der Waals surface area contributed by atoms with Crippen molar-refractivity contribution in [1.29, 1.82) is 0 Å². The van der Waals surface area contributed by atoms with Crippen LogP contribution in [0.4, 0.5) is 0 Å². The summed E-state index contributed by atoms with van der Waals surface area (Å²) in [6, 6.07) is 4.78. The zero-order valence-corrected chi connectivity index (χ0v) is 11.7. The number of nitrogens with zero attached hydrogens (tertiary/aromatic N) is 4. The first-order valence-corrected chi connectivity index (χ1v) is 4.87. The maximum absolute atomic E-state index is 5.34. The summed E-state index contributed by atoms with van der Waals surface area (Å²) in [6.07, 6.45) is 3.59. The fourth-order valence-electron chi connectivity index (χ4n) is 1.59. The monoisotopic (exact) mass is 406 g/mol. The van der Waals surface area contributed by atoms with Gasteiger partial charge in [0.2, 0.25) is 0 Å². The van der Waals surface area contributed by atoms with Crippen LogP contribution in [0.15, 0.2) is 22.9 Å². The first kappa shape index (κ1) is 12.0. The summed E-state index contributed by atoms with van der Waals surface area (Å²) in [5.41, 5.74) is 1.91. The van der Waals surface area contributed by atoms with E-state index in [4.69, 9.17) is 4.42 Å². The molecule has 0 saturated carbocycles. The quantitative estimate of drug-likeness (QED) is 0.579. The molecule has 0 aromatic carbocycles. The van der Waals surface area contributed by atoms with Gasteiger partial charge in [-0.1, -0.05) is 0 Å². The molecule has 0 amide bonds. The largest absolute Gasteiger partial charge is 0.501 e. The second-order valence-corrected chi connectivity index (χ2v) is 3.53. The number of fused-ring (bicyclic) bond motifs is 1. The molecule has 17 heavy (non-hydrogen) atoms. The van der Waals surface area contributed by atoms with Gasteiger partial charge >= 0.3 is 0 Å². The molecule has 0 aliphatic heterocycles. The Morgan fingerprint density at radius 3 is 2.88 bits per heavy atom. The molecule has 3 heterocycles. The third-order valence-corrected chi connectivity index (χ3v) is 2.33. The molecule has 0 fully saturated rings. The summed E-state index contributed by atoms with van der Waals surface area (Å²) in [5.74, 6) is 1.37. The Morgan fingerprint density at radius 2 is 2.18 bits per heavy atom. The molecule has 0 atom stereocenters. The molecular weight excluding hydrogens is 396 g/mol. The molecule has 0 saturated heterocycles. The van der Waals surface area contributed by atoms with Crippen molar-refractivity contribution >= 4 is 11.2 Å². The van der Waals surface area contributed by atoms with Crippen LogP contribution in [0, 0.1) is 13.0 Å². The third-order valence-electron chi connectivity index (χ3n) is 2.33. The molecule has 3 rings (SSSR count). The summed E-state index contributed by atoms with van der Waals surface area (Å²) in [4.78, 5) is 12.7. The van der Waals surface area contributed by atoms with E-state index in [9.17, 15) is 0 Å². The smallest absolute Gasteiger partial charge is 0.179 e. The van der Waals surface area contributed by atoms with E-state index in [-0.39, 0.29) is 20.1 Å². The van der Waals surface area contributed by atoms with E-state index in [1.54, 1.807) is 19.2 Å². The van der Waals surface area contributed by atoms with Crippen molar-refractivity contribution < 1.29 is 24.5 Å². The maximum atomic E-state index is 5.34. The van der Waals surface area contributed by atoms with Crippen LogP contribution in [0.25, 0.3) is 22.7 Å². The van der Waals surface area contributed by atoms with Gasteiger partial charge in [0, 0.05) is 46.5 Å². The van der Waals surface area contributed by atoms with Gasteiger partial charge in [-0.3, -0.25) is 9.97 Å². The first-order chi connectivity index (χ1) is 7.74. The molecule has 0 unspecified atom stereocenters. The van der Waals surface area contributed by atoms with E-state index in [0.29, 0.717) is 22.8 Å². The third kappa shape index (κ3) is 2.01. The topological polar surface area (TPSA) is 56.7 Å². The zero-order chi connectivity index (χ0) is 11.1. The molecule has 1 radical (unpaired) electrons. The van der Waals surface area contributed by atoms with E-state index in [0.717, 1.165) is 5.82 Å². The number of aryl methyl sites for hydroxylation is 2. The predicted molar refractivity (Wildman–Crippen MR) is 57.6 cm³/mol. The van der Waals surface area contributed by atoms with E-state index in [1.165, 1.54) is 0 Å². The van der Waals surface area contributed by atoms with Crippen LogP contribution < -0.4 is 0 Å². The van der Waals surface area contributed by atoms with Crippen molar-refractivity contribution in [3.05, 3.63) is 30.4 Å². The minimum Gasteiger partial charge on any atom is -0.501 e. The van der Waals surface area contributed by atoms with Crippen LogP contribution in [0.1, 0.15) is 5.89 Å². The van der Waals surface area contributed by atoms with Crippen molar-refractivity contribution in [1.82, 2.24) is 19.5 Å². The Balaban J connectivity index is 0.00000108. The van der Waals surface area contributed by atoms with Gasteiger partial charge in [0.05, 0.1) is 11.4 Å². The first-order valence-electron chi connectivity index (χ1n) is 4.87. The molecule has 0 spiro atoms. The molecule has 5 nitrogen and oxygen atoms in total. The van der Waals surface area contributed by atoms with Gasteiger partial charge in [-0.25, -0.2) is 4.98 Å². The molecule has 89 valence electrons. The number of pyridine rings is 1. The van der Waals surface area contributed by atoms with E-state index >= 15 is 0 Å².